The highest BCUT2D eigenvalue weighted by Gasteiger charge is 2.30. The van der Waals surface area contributed by atoms with Crippen LogP contribution >= 0.6 is 0 Å². The van der Waals surface area contributed by atoms with Crippen LogP contribution in [0.15, 0.2) is 0 Å². The maximum Gasteiger partial charge on any atom is 0.326 e. The van der Waals surface area contributed by atoms with Gasteiger partial charge in [0.15, 0.2) is 0 Å². The fourth-order valence-corrected chi connectivity index (χ4v) is 1.93. The summed E-state index contributed by atoms with van der Waals surface area (Å²) in [7, 11) is 0. The Morgan fingerprint density at radius 1 is 1.44 bits per heavy atom. The molecule has 3 atom stereocenters. The molecule has 5 N–H and O–H groups in total. The topological polar surface area (TPSA) is 113 Å². The first-order chi connectivity index (χ1) is 7.54. The summed E-state index contributed by atoms with van der Waals surface area (Å²) in [6.07, 6.45) is 2.14. The number of hydrogen-bond acceptors (Lipinski definition) is 4. The van der Waals surface area contributed by atoms with Crippen molar-refractivity contribution in [3.63, 3.8) is 0 Å². The molecule has 0 radical (unpaired) electrons. The summed E-state index contributed by atoms with van der Waals surface area (Å²) < 4.78 is 0. The van der Waals surface area contributed by atoms with Crippen LogP contribution < -0.4 is 11.1 Å². The predicted octanol–water partition coefficient (Wildman–Crippen LogP) is -0.934. The van der Waals surface area contributed by atoms with E-state index in [1.807, 2.05) is 0 Å². The number of nitrogens with one attached hydrogen (secondary N) is 1. The Morgan fingerprint density at radius 3 is 2.56 bits per heavy atom. The van der Waals surface area contributed by atoms with Gasteiger partial charge in [0.1, 0.15) is 6.04 Å². The molecule has 1 amide bonds. The second-order valence-corrected chi connectivity index (χ2v) is 4.18. The molecule has 16 heavy (non-hydrogen) atoms. The largest absolute Gasteiger partial charge is 0.480 e. The van der Waals surface area contributed by atoms with E-state index in [-0.39, 0.29) is 30.9 Å². The van der Waals surface area contributed by atoms with Gasteiger partial charge in [0.05, 0.1) is 0 Å². The lowest BCUT2D eigenvalue weighted by molar-refractivity contribution is -0.142. The average molecular weight is 230 g/mol. The zero-order valence-electron chi connectivity index (χ0n) is 9.06. The molecule has 0 aromatic carbocycles. The smallest absolute Gasteiger partial charge is 0.326 e. The van der Waals surface area contributed by atoms with Crippen molar-refractivity contribution in [2.24, 2.45) is 11.7 Å². The van der Waals surface area contributed by atoms with E-state index in [1.54, 1.807) is 0 Å². The fourth-order valence-electron chi connectivity index (χ4n) is 1.93. The van der Waals surface area contributed by atoms with Gasteiger partial charge in [0.25, 0.3) is 0 Å². The number of aliphatic hydroxyl groups excluding tert-OH is 1. The number of aliphatic carboxylic acids is 1. The van der Waals surface area contributed by atoms with Crippen LogP contribution in [0.5, 0.6) is 0 Å². The molecule has 6 nitrogen and oxygen atoms in total. The number of carboxylic acids is 1. The van der Waals surface area contributed by atoms with Gasteiger partial charge < -0.3 is 21.3 Å². The SMILES string of the molecule is NC1CCC(C(=O)N[C@@H](CCO)C(=O)O)C1. The molecule has 1 fully saturated rings. The quantitative estimate of drug-likeness (QED) is 0.487. The van der Waals surface area contributed by atoms with Crippen molar-refractivity contribution in [1.29, 1.82) is 0 Å². The monoisotopic (exact) mass is 230 g/mol. The van der Waals surface area contributed by atoms with Crippen LogP contribution in [0.3, 0.4) is 0 Å². The maximum absolute atomic E-state index is 11.7. The number of amides is 1. The van der Waals surface area contributed by atoms with Gasteiger partial charge in [-0.15, -0.1) is 0 Å². The van der Waals surface area contributed by atoms with E-state index in [4.69, 9.17) is 15.9 Å². The minimum Gasteiger partial charge on any atom is -0.480 e. The summed E-state index contributed by atoms with van der Waals surface area (Å²) in [5.41, 5.74) is 5.68. The van der Waals surface area contributed by atoms with Crippen LogP contribution in [-0.2, 0) is 9.59 Å². The summed E-state index contributed by atoms with van der Waals surface area (Å²) >= 11 is 0. The standard InChI is InChI=1S/C10H18N2O4/c11-7-2-1-6(5-7)9(14)12-8(3-4-13)10(15)16/h6-8,13H,1-5,11H2,(H,12,14)(H,15,16)/t6?,7?,8-/m0/s1. The van der Waals surface area contributed by atoms with E-state index in [0.29, 0.717) is 12.8 Å². The number of hydrogen-bond donors (Lipinski definition) is 4. The molecule has 1 aliphatic rings. The minimum absolute atomic E-state index is 0.0276. The van der Waals surface area contributed by atoms with Crippen LogP contribution in [0.2, 0.25) is 0 Å². The van der Waals surface area contributed by atoms with Crippen LogP contribution in [0, 0.1) is 5.92 Å². The van der Waals surface area contributed by atoms with E-state index in [1.165, 1.54) is 0 Å². The Labute approximate surface area is 93.8 Å². The molecule has 1 saturated carbocycles. The van der Waals surface area contributed by atoms with Gasteiger partial charge in [-0.3, -0.25) is 4.79 Å². The molecule has 92 valence electrons. The normalized spacial score (nSPS) is 26.4. The number of carboxylic acid groups (broad SMARTS) is 1. The lowest BCUT2D eigenvalue weighted by Crippen LogP contribution is -2.43. The molecule has 0 aromatic rings. The molecule has 2 unspecified atom stereocenters. The zero-order valence-corrected chi connectivity index (χ0v) is 9.06. The Balaban J connectivity index is 2.45. The van der Waals surface area contributed by atoms with Crippen LogP contribution in [0.4, 0.5) is 0 Å². The number of rotatable bonds is 5. The molecule has 0 saturated heterocycles. The number of carbonyl (C=O) groups excluding carboxylic acids is 1. The Kier molecular flexibility index (Phi) is 4.70. The molecule has 1 rings (SSSR count). The summed E-state index contributed by atoms with van der Waals surface area (Å²) in [6.45, 7) is -0.262. The average Bonchev–Trinajstić information content (AvgIpc) is 2.64. The van der Waals surface area contributed by atoms with Crippen molar-refractivity contribution < 1.29 is 19.8 Å². The second-order valence-electron chi connectivity index (χ2n) is 4.18. The molecule has 0 bridgehead atoms. The number of carbonyl (C=O) groups is 2. The second kappa shape index (κ2) is 5.81. The fraction of sp³-hybridized carbons (Fsp3) is 0.800. The highest BCUT2D eigenvalue weighted by atomic mass is 16.4. The van der Waals surface area contributed by atoms with Crippen LogP contribution in [0.25, 0.3) is 0 Å². The number of nitrogens with two attached hydrogens (primary N) is 1. The first kappa shape index (κ1) is 12.9. The van der Waals surface area contributed by atoms with Crippen molar-refractivity contribution >= 4 is 11.9 Å². The van der Waals surface area contributed by atoms with E-state index in [0.717, 1.165) is 6.42 Å². The lowest BCUT2D eigenvalue weighted by atomic mass is 10.1. The maximum atomic E-state index is 11.7. The molecule has 0 heterocycles. The van der Waals surface area contributed by atoms with Gasteiger partial charge in [-0.05, 0) is 19.3 Å². The molecule has 1 aliphatic carbocycles. The predicted molar refractivity (Wildman–Crippen MR) is 56.6 cm³/mol. The lowest BCUT2D eigenvalue weighted by Gasteiger charge is -2.16. The first-order valence-electron chi connectivity index (χ1n) is 5.44. The van der Waals surface area contributed by atoms with Gasteiger partial charge in [-0.25, -0.2) is 4.79 Å². The van der Waals surface area contributed by atoms with Crippen LogP contribution in [-0.4, -0.2) is 40.8 Å². The van der Waals surface area contributed by atoms with Crippen molar-refractivity contribution in [2.75, 3.05) is 6.61 Å². The number of aliphatic hydroxyl groups is 1. The highest BCUT2D eigenvalue weighted by molar-refractivity contribution is 5.85. The van der Waals surface area contributed by atoms with Gasteiger partial charge in [-0.2, -0.15) is 0 Å². The third-order valence-electron chi connectivity index (χ3n) is 2.88. The first-order valence-corrected chi connectivity index (χ1v) is 5.44. The Hall–Kier alpha value is -1.14. The van der Waals surface area contributed by atoms with Crippen molar-refractivity contribution in [3.8, 4) is 0 Å². The minimum atomic E-state index is -1.12. The third kappa shape index (κ3) is 3.46. The third-order valence-corrected chi connectivity index (χ3v) is 2.88. The van der Waals surface area contributed by atoms with Crippen molar-refractivity contribution in [3.05, 3.63) is 0 Å². The molecule has 0 aromatic heterocycles. The van der Waals surface area contributed by atoms with E-state index >= 15 is 0 Å². The molecule has 6 heteroatoms. The van der Waals surface area contributed by atoms with Crippen molar-refractivity contribution in [2.45, 2.75) is 37.8 Å². The molecular formula is C10H18N2O4. The summed E-state index contributed by atoms with van der Waals surface area (Å²) in [5, 5.41) is 19.9. The van der Waals surface area contributed by atoms with Gasteiger partial charge >= 0.3 is 5.97 Å². The summed E-state index contributed by atoms with van der Waals surface area (Å²) in [5.74, 6) is -1.57. The van der Waals surface area contributed by atoms with Crippen LogP contribution in [0.1, 0.15) is 25.7 Å². The summed E-state index contributed by atoms with van der Waals surface area (Å²) in [4.78, 5) is 22.4. The van der Waals surface area contributed by atoms with E-state index in [2.05, 4.69) is 5.32 Å². The zero-order chi connectivity index (χ0) is 12.1. The van der Waals surface area contributed by atoms with E-state index in [9.17, 15) is 9.59 Å². The molecule has 0 spiro atoms. The Bertz CT molecular complexity index is 270. The van der Waals surface area contributed by atoms with Crippen molar-refractivity contribution in [1.82, 2.24) is 5.32 Å². The van der Waals surface area contributed by atoms with E-state index < -0.39 is 12.0 Å². The molecular weight excluding hydrogens is 212 g/mol. The molecule has 0 aliphatic heterocycles. The van der Waals surface area contributed by atoms with Gasteiger partial charge in [0.2, 0.25) is 5.91 Å². The van der Waals surface area contributed by atoms with Gasteiger partial charge in [0, 0.05) is 25.0 Å². The van der Waals surface area contributed by atoms with Gasteiger partial charge in [-0.1, -0.05) is 0 Å². The Morgan fingerprint density at radius 2 is 2.12 bits per heavy atom. The highest BCUT2D eigenvalue weighted by Crippen LogP contribution is 2.24. The summed E-state index contributed by atoms with van der Waals surface area (Å²) in [6, 6.07) is -0.966.